The highest BCUT2D eigenvalue weighted by atomic mass is 35.5. The second-order valence-electron chi connectivity index (χ2n) is 3.06. The number of nitrogens with one attached hydrogen (secondary N) is 1. The predicted molar refractivity (Wildman–Crippen MR) is 59.1 cm³/mol. The van der Waals surface area contributed by atoms with Gasteiger partial charge in [-0.25, -0.2) is 0 Å². The lowest BCUT2D eigenvalue weighted by Crippen LogP contribution is -2.36. The van der Waals surface area contributed by atoms with Gasteiger partial charge in [-0.1, -0.05) is 18.2 Å². The van der Waals surface area contributed by atoms with E-state index >= 15 is 0 Å². The molecule has 0 aliphatic heterocycles. The Kier molecular flexibility index (Phi) is 4.84. The Hall–Kier alpha value is -1.35. The van der Waals surface area contributed by atoms with Gasteiger partial charge < -0.3 is 10.1 Å². The molecule has 1 unspecified atom stereocenters. The summed E-state index contributed by atoms with van der Waals surface area (Å²) in [6.07, 6.45) is 1.15. The van der Waals surface area contributed by atoms with Crippen molar-refractivity contribution in [2.24, 2.45) is 0 Å². The maximum absolute atomic E-state index is 11.6. The summed E-state index contributed by atoms with van der Waals surface area (Å²) in [6.45, 7) is 0. The molecule has 15 heavy (non-hydrogen) atoms. The highest BCUT2D eigenvalue weighted by molar-refractivity contribution is 6.18. The molecule has 1 aromatic carbocycles. The fourth-order valence-corrected chi connectivity index (χ4v) is 1.37. The van der Waals surface area contributed by atoms with Crippen molar-refractivity contribution in [2.45, 2.75) is 12.5 Å². The third-order valence-corrected chi connectivity index (χ3v) is 2.16. The number of alkyl halides is 1. The van der Waals surface area contributed by atoms with Crippen molar-refractivity contribution in [2.75, 3.05) is 5.88 Å². The average molecular weight is 226 g/mol. The van der Waals surface area contributed by atoms with E-state index in [1.54, 1.807) is 24.3 Å². The van der Waals surface area contributed by atoms with Gasteiger partial charge in [-0.3, -0.25) is 4.79 Å². The molecule has 0 radical (unpaired) electrons. The normalized spacial score (nSPS) is 11.8. The van der Waals surface area contributed by atoms with Gasteiger partial charge in [0.2, 0.25) is 0 Å². The number of hydrogen-bond donors (Lipinski definition) is 1. The molecule has 1 rings (SSSR count). The number of carbonyl (C=O) groups is 2. The summed E-state index contributed by atoms with van der Waals surface area (Å²) in [5, 5.41) is 2.59. The quantitative estimate of drug-likeness (QED) is 0.611. The van der Waals surface area contributed by atoms with Gasteiger partial charge in [0.1, 0.15) is 6.29 Å². The van der Waals surface area contributed by atoms with Crippen LogP contribution in [-0.4, -0.2) is 24.1 Å². The molecule has 0 bridgehead atoms. The van der Waals surface area contributed by atoms with Gasteiger partial charge in [0.25, 0.3) is 5.91 Å². The van der Waals surface area contributed by atoms with Crippen LogP contribution < -0.4 is 5.32 Å². The minimum absolute atomic E-state index is 0.252. The summed E-state index contributed by atoms with van der Waals surface area (Å²) in [6, 6.07) is 8.25. The van der Waals surface area contributed by atoms with E-state index in [-0.39, 0.29) is 5.91 Å². The van der Waals surface area contributed by atoms with E-state index in [4.69, 9.17) is 11.6 Å². The van der Waals surface area contributed by atoms with E-state index in [1.165, 1.54) is 0 Å². The van der Waals surface area contributed by atoms with Crippen molar-refractivity contribution in [1.29, 1.82) is 0 Å². The SMILES string of the molecule is O=CC(CCCl)NC(=O)c1ccccc1. The molecule has 4 heteroatoms. The number of hydrogen-bond acceptors (Lipinski definition) is 2. The van der Waals surface area contributed by atoms with Crippen LogP contribution in [0.4, 0.5) is 0 Å². The van der Waals surface area contributed by atoms with Crippen LogP contribution in [0.2, 0.25) is 0 Å². The van der Waals surface area contributed by atoms with Gasteiger partial charge in [-0.05, 0) is 18.6 Å². The highest BCUT2D eigenvalue weighted by Gasteiger charge is 2.11. The lowest BCUT2D eigenvalue weighted by Gasteiger charge is -2.10. The highest BCUT2D eigenvalue weighted by Crippen LogP contribution is 2.00. The van der Waals surface area contributed by atoms with Crippen molar-refractivity contribution < 1.29 is 9.59 Å². The number of amides is 1. The molecule has 80 valence electrons. The van der Waals surface area contributed by atoms with Crippen LogP contribution in [0.1, 0.15) is 16.8 Å². The molecule has 0 heterocycles. The molecular weight excluding hydrogens is 214 g/mol. The average Bonchev–Trinajstić information content (AvgIpc) is 2.29. The van der Waals surface area contributed by atoms with Crippen LogP contribution in [0, 0.1) is 0 Å². The molecule has 0 spiro atoms. The van der Waals surface area contributed by atoms with Crippen LogP contribution in [0.25, 0.3) is 0 Å². The van der Waals surface area contributed by atoms with Crippen molar-refractivity contribution in [3.05, 3.63) is 35.9 Å². The Labute approximate surface area is 93.4 Å². The van der Waals surface area contributed by atoms with Gasteiger partial charge in [0.05, 0.1) is 6.04 Å². The van der Waals surface area contributed by atoms with E-state index in [0.717, 1.165) is 0 Å². The van der Waals surface area contributed by atoms with E-state index in [2.05, 4.69) is 5.32 Å². The van der Waals surface area contributed by atoms with Crippen LogP contribution in [0.5, 0.6) is 0 Å². The maximum atomic E-state index is 11.6. The fourth-order valence-electron chi connectivity index (χ4n) is 1.13. The standard InChI is InChI=1S/C11H12ClNO2/c12-7-6-10(8-14)13-11(15)9-4-2-1-3-5-9/h1-5,8,10H,6-7H2,(H,13,15). The Morgan fingerprint density at radius 2 is 2.07 bits per heavy atom. The third-order valence-electron chi connectivity index (χ3n) is 1.94. The van der Waals surface area contributed by atoms with E-state index in [0.29, 0.717) is 24.2 Å². The largest absolute Gasteiger partial charge is 0.342 e. The molecule has 0 aliphatic rings. The first-order chi connectivity index (χ1) is 7.27. The number of benzene rings is 1. The molecule has 0 saturated carbocycles. The summed E-state index contributed by atoms with van der Waals surface area (Å²) in [7, 11) is 0. The molecule has 1 aromatic rings. The van der Waals surface area contributed by atoms with Crippen molar-refractivity contribution >= 4 is 23.8 Å². The minimum atomic E-state index is -0.504. The number of halogens is 1. The monoisotopic (exact) mass is 225 g/mol. The molecule has 1 amide bonds. The van der Waals surface area contributed by atoms with Crippen molar-refractivity contribution in [3.63, 3.8) is 0 Å². The lowest BCUT2D eigenvalue weighted by atomic mass is 10.2. The van der Waals surface area contributed by atoms with Crippen molar-refractivity contribution in [1.82, 2.24) is 5.32 Å². The zero-order chi connectivity index (χ0) is 11.1. The molecule has 1 atom stereocenters. The van der Waals surface area contributed by atoms with E-state index < -0.39 is 6.04 Å². The van der Waals surface area contributed by atoms with Gasteiger partial charge >= 0.3 is 0 Å². The summed E-state index contributed by atoms with van der Waals surface area (Å²) in [5.41, 5.74) is 0.541. The maximum Gasteiger partial charge on any atom is 0.251 e. The first-order valence-corrected chi connectivity index (χ1v) is 5.18. The Morgan fingerprint density at radius 1 is 1.40 bits per heavy atom. The minimum Gasteiger partial charge on any atom is -0.342 e. The van der Waals surface area contributed by atoms with Crippen LogP contribution in [0.3, 0.4) is 0 Å². The Balaban J connectivity index is 2.58. The zero-order valence-corrected chi connectivity index (χ0v) is 8.91. The zero-order valence-electron chi connectivity index (χ0n) is 8.15. The van der Waals surface area contributed by atoms with Gasteiger partial charge in [0.15, 0.2) is 0 Å². The molecule has 0 fully saturated rings. The van der Waals surface area contributed by atoms with Crippen LogP contribution in [-0.2, 0) is 4.79 Å². The molecular formula is C11H12ClNO2. The summed E-state index contributed by atoms with van der Waals surface area (Å²) < 4.78 is 0. The summed E-state index contributed by atoms with van der Waals surface area (Å²) in [4.78, 5) is 22.2. The van der Waals surface area contributed by atoms with Crippen LogP contribution >= 0.6 is 11.6 Å². The smallest absolute Gasteiger partial charge is 0.251 e. The van der Waals surface area contributed by atoms with Gasteiger partial charge in [0, 0.05) is 11.4 Å². The molecule has 0 aromatic heterocycles. The molecule has 0 aliphatic carbocycles. The first-order valence-electron chi connectivity index (χ1n) is 4.65. The molecule has 0 saturated heterocycles. The number of rotatable bonds is 5. The van der Waals surface area contributed by atoms with E-state index in [1.807, 2.05) is 6.07 Å². The summed E-state index contributed by atoms with van der Waals surface area (Å²) in [5.74, 6) is 0.0937. The van der Waals surface area contributed by atoms with E-state index in [9.17, 15) is 9.59 Å². The Morgan fingerprint density at radius 3 is 2.60 bits per heavy atom. The van der Waals surface area contributed by atoms with Crippen LogP contribution in [0.15, 0.2) is 30.3 Å². The molecule has 3 nitrogen and oxygen atoms in total. The number of carbonyl (C=O) groups excluding carboxylic acids is 2. The Bertz CT molecular complexity index is 327. The van der Waals surface area contributed by atoms with Gasteiger partial charge in [-0.2, -0.15) is 0 Å². The molecule has 1 N–H and O–H groups in total. The van der Waals surface area contributed by atoms with Crippen molar-refractivity contribution in [3.8, 4) is 0 Å². The summed E-state index contributed by atoms with van der Waals surface area (Å²) >= 11 is 5.49. The van der Waals surface area contributed by atoms with Gasteiger partial charge in [-0.15, -0.1) is 11.6 Å². The second-order valence-corrected chi connectivity index (χ2v) is 3.44. The topological polar surface area (TPSA) is 46.2 Å². The lowest BCUT2D eigenvalue weighted by molar-refractivity contribution is -0.109. The predicted octanol–water partition coefficient (Wildman–Crippen LogP) is 1.61. The number of aldehydes is 1. The second kappa shape index (κ2) is 6.19. The first kappa shape index (κ1) is 11.7. The third kappa shape index (κ3) is 3.72. The fraction of sp³-hybridized carbons (Fsp3) is 0.273.